The third-order valence-electron chi connectivity index (χ3n) is 1.57. The largest absolute Gasteiger partial charge is 0.378 e. The fraction of sp³-hybridized carbons (Fsp3) is 0.625. The third-order valence-corrected chi connectivity index (χ3v) is 1.73. The third kappa shape index (κ3) is 3.65. The molecule has 5 heteroatoms. The summed E-state index contributed by atoms with van der Waals surface area (Å²) in [6, 6.07) is 0. The molecule has 0 aliphatic heterocycles. The summed E-state index contributed by atoms with van der Waals surface area (Å²) in [4.78, 5) is 4.10. The quantitative estimate of drug-likeness (QED) is 0.556. The van der Waals surface area contributed by atoms with E-state index in [0.29, 0.717) is 19.1 Å². The standard InChI is InChI=1S/C8H14ClN3O/c1-12-5-3-10-8(12)11-4-7-13-6-2-9/h3,5H,2,4,6-7H2,1H3,(H,10,11). The SMILES string of the molecule is Cn1ccnc1NCCOCCCl. The number of imidazole rings is 1. The maximum atomic E-state index is 5.44. The number of alkyl halides is 1. The van der Waals surface area contributed by atoms with E-state index in [1.807, 2.05) is 17.8 Å². The molecule has 0 saturated heterocycles. The Labute approximate surface area is 82.9 Å². The smallest absolute Gasteiger partial charge is 0.202 e. The molecule has 0 spiro atoms. The van der Waals surface area contributed by atoms with E-state index in [1.165, 1.54) is 0 Å². The van der Waals surface area contributed by atoms with Crippen LogP contribution in [0.2, 0.25) is 0 Å². The lowest BCUT2D eigenvalue weighted by molar-refractivity contribution is 0.159. The topological polar surface area (TPSA) is 39.1 Å². The lowest BCUT2D eigenvalue weighted by Crippen LogP contribution is -2.12. The molecule has 4 nitrogen and oxygen atoms in total. The van der Waals surface area contributed by atoms with Crippen LogP contribution in [0, 0.1) is 0 Å². The van der Waals surface area contributed by atoms with Crippen LogP contribution >= 0.6 is 11.6 Å². The predicted octanol–water partition coefficient (Wildman–Crippen LogP) is 1.09. The number of halogens is 1. The van der Waals surface area contributed by atoms with Crippen LogP contribution in [0.3, 0.4) is 0 Å². The molecule has 1 N–H and O–H groups in total. The van der Waals surface area contributed by atoms with Crippen LogP contribution in [0.25, 0.3) is 0 Å². The molecule has 1 aromatic rings. The van der Waals surface area contributed by atoms with Crippen molar-refractivity contribution in [2.45, 2.75) is 0 Å². The van der Waals surface area contributed by atoms with E-state index in [2.05, 4.69) is 10.3 Å². The van der Waals surface area contributed by atoms with Crippen molar-refractivity contribution >= 4 is 17.5 Å². The highest BCUT2D eigenvalue weighted by Gasteiger charge is 1.95. The van der Waals surface area contributed by atoms with Crippen molar-refractivity contribution < 1.29 is 4.74 Å². The van der Waals surface area contributed by atoms with Crippen molar-refractivity contribution in [2.24, 2.45) is 7.05 Å². The summed E-state index contributed by atoms with van der Waals surface area (Å²) >= 11 is 5.44. The second-order valence-corrected chi connectivity index (χ2v) is 2.97. The summed E-state index contributed by atoms with van der Waals surface area (Å²) in [6.07, 6.45) is 3.64. The minimum Gasteiger partial charge on any atom is -0.378 e. The van der Waals surface area contributed by atoms with Crippen molar-refractivity contribution in [1.82, 2.24) is 9.55 Å². The number of rotatable bonds is 6. The van der Waals surface area contributed by atoms with Crippen molar-refractivity contribution in [3.05, 3.63) is 12.4 Å². The number of nitrogens with zero attached hydrogens (tertiary/aromatic N) is 2. The summed E-state index contributed by atoms with van der Waals surface area (Å²) in [6.45, 7) is 2.01. The fourth-order valence-corrected chi connectivity index (χ4v) is 1.04. The number of hydrogen-bond acceptors (Lipinski definition) is 3. The summed E-state index contributed by atoms with van der Waals surface area (Å²) in [7, 11) is 1.94. The molecule has 0 unspecified atom stereocenters. The average Bonchev–Trinajstić information content (AvgIpc) is 2.52. The minimum atomic E-state index is 0.544. The van der Waals surface area contributed by atoms with Gasteiger partial charge in [-0.15, -0.1) is 11.6 Å². The summed E-state index contributed by atoms with van der Waals surface area (Å²) in [5.74, 6) is 1.40. The Balaban J connectivity index is 2.10. The fourth-order valence-electron chi connectivity index (χ4n) is 0.928. The lowest BCUT2D eigenvalue weighted by atomic mass is 10.6. The molecule has 1 rings (SSSR count). The van der Waals surface area contributed by atoms with Crippen molar-refractivity contribution in [1.29, 1.82) is 0 Å². The molecule has 13 heavy (non-hydrogen) atoms. The van der Waals surface area contributed by atoms with Gasteiger partial charge in [-0.2, -0.15) is 0 Å². The Morgan fingerprint density at radius 1 is 1.62 bits per heavy atom. The highest BCUT2D eigenvalue weighted by Crippen LogP contribution is 1.99. The molecule has 74 valence electrons. The van der Waals surface area contributed by atoms with E-state index in [-0.39, 0.29) is 0 Å². The van der Waals surface area contributed by atoms with Crippen LogP contribution in [-0.4, -0.2) is 35.2 Å². The maximum absolute atomic E-state index is 5.44. The Morgan fingerprint density at radius 2 is 2.46 bits per heavy atom. The van der Waals surface area contributed by atoms with Crippen molar-refractivity contribution in [3.8, 4) is 0 Å². The van der Waals surface area contributed by atoms with Crippen LogP contribution in [0.15, 0.2) is 12.4 Å². The average molecular weight is 204 g/mol. The van der Waals surface area contributed by atoms with Crippen LogP contribution < -0.4 is 5.32 Å². The van der Waals surface area contributed by atoms with E-state index < -0.39 is 0 Å². The van der Waals surface area contributed by atoms with E-state index >= 15 is 0 Å². The molecule has 0 atom stereocenters. The zero-order valence-electron chi connectivity index (χ0n) is 7.66. The van der Waals surface area contributed by atoms with Crippen molar-refractivity contribution in [3.63, 3.8) is 0 Å². The summed E-state index contributed by atoms with van der Waals surface area (Å²) in [5, 5.41) is 3.14. The Hall–Kier alpha value is -0.740. The molecule has 0 aliphatic rings. The highest BCUT2D eigenvalue weighted by molar-refractivity contribution is 6.17. The van der Waals surface area contributed by atoms with Crippen LogP contribution in [-0.2, 0) is 11.8 Å². The second-order valence-electron chi connectivity index (χ2n) is 2.59. The number of ether oxygens (including phenoxy) is 1. The van der Waals surface area contributed by atoms with Crippen LogP contribution in [0.5, 0.6) is 0 Å². The molecule has 0 saturated carbocycles. The Kier molecular flexibility index (Phi) is 4.64. The number of aryl methyl sites for hydroxylation is 1. The first-order chi connectivity index (χ1) is 6.34. The second kappa shape index (κ2) is 5.83. The van der Waals surface area contributed by atoms with E-state index in [1.54, 1.807) is 6.20 Å². The molecule has 0 amide bonds. The number of nitrogens with one attached hydrogen (secondary N) is 1. The highest BCUT2D eigenvalue weighted by atomic mass is 35.5. The summed E-state index contributed by atoms with van der Waals surface area (Å²) in [5.41, 5.74) is 0. The number of hydrogen-bond donors (Lipinski definition) is 1. The van der Waals surface area contributed by atoms with Gasteiger partial charge in [-0.1, -0.05) is 0 Å². The normalized spacial score (nSPS) is 10.3. The molecule has 0 aliphatic carbocycles. The minimum absolute atomic E-state index is 0.544. The summed E-state index contributed by atoms with van der Waals surface area (Å²) < 4.78 is 7.11. The van der Waals surface area contributed by atoms with Crippen LogP contribution in [0.4, 0.5) is 5.95 Å². The first kappa shape index (κ1) is 10.3. The van der Waals surface area contributed by atoms with Gasteiger partial charge in [0, 0.05) is 31.9 Å². The zero-order valence-corrected chi connectivity index (χ0v) is 8.42. The molecule has 0 aromatic carbocycles. The first-order valence-electron chi connectivity index (χ1n) is 4.19. The maximum Gasteiger partial charge on any atom is 0.202 e. The first-order valence-corrected chi connectivity index (χ1v) is 4.73. The van der Waals surface area contributed by atoms with Gasteiger partial charge >= 0.3 is 0 Å². The Morgan fingerprint density at radius 3 is 3.08 bits per heavy atom. The number of aromatic nitrogens is 2. The number of anilines is 1. The van der Waals surface area contributed by atoms with Crippen molar-refractivity contribution in [2.75, 3.05) is 31.0 Å². The molecule has 0 bridgehead atoms. The van der Waals surface area contributed by atoms with E-state index in [9.17, 15) is 0 Å². The van der Waals surface area contributed by atoms with E-state index in [0.717, 1.165) is 12.5 Å². The molecule has 0 radical (unpaired) electrons. The molecule has 0 fully saturated rings. The van der Waals surface area contributed by atoms with Gasteiger partial charge in [0.15, 0.2) is 0 Å². The zero-order chi connectivity index (χ0) is 9.52. The van der Waals surface area contributed by atoms with E-state index in [4.69, 9.17) is 16.3 Å². The van der Waals surface area contributed by atoms with Gasteiger partial charge < -0.3 is 14.6 Å². The lowest BCUT2D eigenvalue weighted by Gasteiger charge is -2.05. The predicted molar refractivity (Wildman–Crippen MR) is 53.2 cm³/mol. The van der Waals surface area contributed by atoms with Gasteiger partial charge in [0.25, 0.3) is 0 Å². The molecule has 1 heterocycles. The molecular formula is C8H14ClN3O. The van der Waals surface area contributed by atoms with Gasteiger partial charge in [-0.05, 0) is 0 Å². The molecule has 1 aromatic heterocycles. The van der Waals surface area contributed by atoms with Gasteiger partial charge in [-0.3, -0.25) is 0 Å². The van der Waals surface area contributed by atoms with Gasteiger partial charge in [-0.25, -0.2) is 4.98 Å². The molecular weight excluding hydrogens is 190 g/mol. The Bertz CT molecular complexity index is 239. The monoisotopic (exact) mass is 203 g/mol. The van der Waals surface area contributed by atoms with Gasteiger partial charge in [0.05, 0.1) is 13.2 Å². The van der Waals surface area contributed by atoms with Gasteiger partial charge in [0.1, 0.15) is 0 Å². The van der Waals surface area contributed by atoms with Gasteiger partial charge in [0.2, 0.25) is 5.95 Å². The van der Waals surface area contributed by atoms with Crippen LogP contribution in [0.1, 0.15) is 0 Å².